The van der Waals surface area contributed by atoms with Crippen LogP contribution in [0.1, 0.15) is 38.5 Å². The lowest BCUT2D eigenvalue weighted by Crippen LogP contribution is -2.29. The van der Waals surface area contributed by atoms with Crippen LogP contribution in [-0.4, -0.2) is 22.5 Å². The van der Waals surface area contributed by atoms with Gasteiger partial charge in [0.15, 0.2) is 0 Å². The van der Waals surface area contributed by atoms with Crippen LogP contribution < -0.4 is 5.73 Å². The predicted octanol–water partition coefficient (Wildman–Crippen LogP) is 3.63. The van der Waals surface area contributed by atoms with Crippen molar-refractivity contribution in [3.63, 3.8) is 0 Å². The molecule has 0 aromatic heterocycles. The third-order valence-electron chi connectivity index (χ3n) is 3.31. The second-order valence-electron chi connectivity index (χ2n) is 4.84. The second-order valence-corrected chi connectivity index (χ2v) is 6.22. The van der Waals surface area contributed by atoms with E-state index in [9.17, 15) is 13.2 Å². The predicted molar refractivity (Wildman–Crippen MR) is 68.6 cm³/mol. The van der Waals surface area contributed by atoms with Crippen molar-refractivity contribution >= 4 is 16.8 Å². The first-order valence-electron chi connectivity index (χ1n) is 6.20. The largest absolute Gasteiger partial charge is 0.414 e. The number of nitrogens with zero attached hydrogens (tertiary/aromatic N) is 1. The van der Waals surface area contributed by atoms with Gasteiger partial charge in [-0.15, -0.1) is 11.8 Å². The number of nitrogens with two attached hydrogens (primary N) is 1. The Balaban J connectivity index is 1.92. The van der Waals surface area contributed by atoms with Gasteiger partial charge >= 0.3 is 6.18 Å². The summed E-state index contributed by atoms with van der Waals surface area (Å²) in [5, 5.41) is 1.25. The van der Waals surface area contributed by atoms with E-state index in [0.717, 1.165) is 36.9 Å². The highest BCUT2D eigenvalue weighted by Gasteiger charge is 2.34. The van der Waals surface area contributed by atoms with Gasteiger partial charge in [0.05, 0.1) is 10.6 Å². The molecule has 102 valence electrons. The molecule has 0 amide bonds. The molecule has 2 rings (SSSR count). The molecule has 0 saturated heterocycles. The maximum atomic E-state index is 12.4. The van der Waals surface area contributed by atoms with E-state index in [0.29, 0.717) is 11.7 Å². The van der Waals surface area contributed by atoms with E-state index in [1.807, 2.05) is 0 Å². The van der Waals surface area contributed by atoms with E-state index in [2.05, 4.69) is 4.99 Å². The number of hydrogen-bond donors (Lipinski definition) is 1. The molecule has 1 fully saturated rings. The van der Waals surface area contributed by atoms with Crippen LogP contribution in [0.5, 0.6) is 0 Å². The zero-order valence-corrected chi connectivity index (χ0v) is 10.9. The van der Waals surface area contributed by atoms with Gasteiger partial charge in [0.1, 0.15) is 0 Å². The smallest absolute Gasteiger partial charge is 0.328 e. The molecule has 0 aromatic carbocycles. The van der Waals surface area contributed by atoms with Crippen LogP contribution in [0.4, 0.5) is 13.2 Å². The number of alkyl halides is 3. The summed E-state index contributed by atoms with van der Waals surface area (Å²) in [6.45, 7) is 0. The fraction of sp³-hybridized carbons (Fsp3) is 0.750. The molecule has 6 heteroatoms. The van der Waals surface area contributed by atoms with E-state index in [1.54, 1.807) is 11.8 Å². The van der Waals surface area contributed by atoms with Crippen LogP contribution in [0, 0.1) is 0 Å². The fourth-order valence-corrected chi connectivity index (χ4v) is 3.65. The first kappa shape index (κ1) is 13.9. The molecule has 1 heterocycles. The van der Waals surface area contributed by atoms with Crippen molar-refractivity contribution in [1.82, 2.24) is 0 Å². The van der Waals surface area contributed by atoms with Crippen LogP contribution in [0.2, 0.25) is 0 Å². The molecule has 2 aliphatic rings. The Labute approximate surface area is 109 Å². The van der Waals surface area contributed by atoms with Gasteiger partial charge < -0.3 is 5.73 Å². The van der Waals surface area contributed by atoms with Crippen molar-refractivity contribution in [2.24, 2.45) is 10.7 Å². The first-order valence-corrected chi connectivity index (χ1v) is 7.08. The standard InChI is InChI=1S/C12H17F3N2S/c13-12(14,15)8-4-5-11(17-7-8)18-10-3-1-2-9(16)6-10/h7,9-10H,1-6,16H2. The Morgan fingerprint density at radius 3 is 2.61 bits per heavy atom. The quantitative estimate of drug-likeness (QED) is 0.795. The average molecular weight is 278 g/mol. The molecule has 18 heavy (non-hydrogen) atoms. The van der Waals surface area contributed by atoms with Crippen LogP contribution in [0.3, 0.4) is 0 Å². The Kier molecular flexibility index (Phi) is 4.37. The summed E-state index contributed by atoms with van der Waals surface area (Å²) in [4.78, 5) is 3.95. The van der Waals surface area contributed by atoms with Crippen LogP contribution >= 0.6 is 11.8 Å². The fourth-order valence-electron chi connectivity index (χ4n) is 2.31. The topological polar surface area (TPSA) is 38.4 Å². The molecule has 1 aliphatic carbocycles. The van der Waals surface area contributed by atoms with Gasteiger partial charge in [-0.2, -0.15) is 13.2 Å². The molecule has 1 saturated carbocycles. The van der Waals surface area contributed by atoms with Crippen LogP contribution in [0.15, 0.2) is 16.8 Å². The van der Waals surface area contributed by atoms with E-state index < -0.39 is 11.7 Å². The van der Waals surface area contributed by atoms with Gasteiger partial charge in [-0.25, -0.2) is 0 Å². The van der Waals surface area contributed by atoms with E-state index >= 15 is 0 Å². The van der Waals surface area contributed by atoms with Gasteiger partial charge in [-0.1, -0.05) is 6.42 Å². The summed E-state index contributed by atoms with van der Waals surface area (Å²) >= 11 is 1.62. The normalized spacial score (nSPS) is 29.8. The number of thioether (sulfide) groups is 1. The molecule has 2 nitrogen and oxygen atoms in total. The molecule has 0 aromatic rings. The molecular formula is C12H17F3N2S. The average Bonchev–Trinajstić information content (AvgIpc) is 2.28. The number of aliphatic imine (C=N–C) groups is 1. The zero-order valence-electron chi connectivity index (χ0n) is 10.0. The van der Waals surface area contributed by atoms with Crippen molar-refractivity contribution < 1.29 is 13.2 Å². The summed E-state index contributed by atoms with van der Waals surface area (Å²) in [7, 11) is 0. The van der Waals surface area contributed by atoms with E-state index in [-0.39, 0.29) is 12.5 Å². The van der Waals surface area contributed by atoms with Crippen LogP contribution in [-0.2, 0) is 0 Å². The van der Waals surface area contributed by atoms with Gasteiger partial charge in [0.25, 0.3) is 0 Å². The van der Waals surface area contributed by atoms with Crippen LogP contribution in [0.25, 0.3) is 0 Å². The highest BCUT2D eigenvalue weighted by atomic mass is 32.2. The molecule has 2 atom stereocenters. The summed E-state index contributed by atoms with van der Waals surface area (Å²) in [5.41, 5.74) is 5.37. The highest BCUT2D eigenvalue weighted by molar-refractivity contribution is 8.14. The SMILES string of the molecule is NC1CCCC(SC2=NC=C(C(F)(F)F)CC2)C1. The minimum absolute atomic E-state index is 0.0497. The molecule has 0 bridgehead atoms. The molecule has 1 aliphatic heterocycles. The highest BCUT2D eigenvalue weighted by Crippen LogP contribution is 2.35. The third kappa shape index (κ3) is 3.75. The summed E-state index contributed by atoms with van der Waals surface area (Å²) in [6, 6.07) is 0.238. The van der Waals surface area contributed by atoms with Gasteiger partial charge in [-0.3, -0.25) is 4.99 Å². The van der Waals surface area contributed by atoms with Crippen molar-refractivity contribution in [2.45, 2.75) is 56.0 Å². The Bertz CT molecular complexity index is 363. The Morgan fingerprint density at radius 1 is 1.28 bits per heavy atom. The molecule has 0 radical (unpaired) electrons. The molecular weight excluding hydrogens is 261 g/mol. The Morgan fingerprint density at radius 2 is 2.06 bits per heavy atom. The van der Waals surface area contributed by atoms with Crippen molar-refractivity contribution in [1.29, 1.82) is 0 Å². The van der Waals surface area contributed by atoms with Gasteiger partial charge in [-0.05, 0) is 32.1 Å². The van der Waals surface area contributed by atoms with Crippen molar-refractivity contribution in [2.75, 3.05) is 0 Å². The minimum Gasteiger partial charge on any atom is -0.328 e. The number of rotatable bonds is 1. The minimum atomic E-state index is -4.23. The lowest BCUT2D eigenvalue weighted by molar-refractivity contribution is -0.0941. The summed E-state index contributed by atoms with van der Waals surface area (Å²) in [5.74, 6) is 0. The number of allylic oxidation sites excluding steroid dienone is 1. The molecule has 2 N–H and O–H groups in total. The van der Waals surface area contributed by atoms with E-state index in [4.69, 9.17) is 5.73 Å². The number of hydrogen-bond acceptors (Lipinski definition) is 3. The maximum Gasteiger partial charge on any atom is 0.414 e. The number of halogens is 3. The Hall–Kier alpha value is -0.490. The first-order chi connectivity index (χ1) is 8.45. The summed E-state index contributed by atoms with van der Waals surface area (Å²) < 4.78 is 37.3. The maximum absolute atomic E-state index is 12.4. The lowest BCUT2D eigenvalue weighted by atomic mass is 9.96. The molecule has 0 spiro atoms. The lowest BCUT2D eigenvalue weighted by Gasteiger charge is -2.27. The van der Waals surface area contributed by atoms with Gasteiger partial charge in [0.2, 0.25) is 0 Å². The van der Waals surface area contributed by atoms with Crippen molar-refractivity contribution in [3.8, 4) is 0 Å². The third-order valence-corrected chi connectivity index (χ3v) is 4.65. The second kappa shape index (κ2) is 5.65. The molecule has 2 unspecified atom stereocenters. The van der Waals surface area contributed by atoms with Gasteiger partial charge in [0, 0.05) is 17.5 Å². The monoisotopic (exact) mass is 278 g/mol. The van der Waals surface area contributed by atoms with E-state index in [1.165, 1.54) is 0 Å². The van der Waals surface area contributed by atoms with Crippen molar-refractivity contribution in [3.05, 3.63) is 11.8 Å². The summed E-state index contributed by atoms with van der Waals surface area (Å²) in [6.07, 6.45) is 1.40. The zero-order chi connectivity index (χ0) is 13.2.